The lowest BCUT2D eigenvalue weighted by Gasteiger charge is -2.34. The van der Waals surface area contributed by atoms with Gasteiger partial charge in [0.2, 0.25) is 0 Å². The van der Waals surface area contributed by atoms with Crippen LogP contribution in [0.25, 0.3) is 0 Å². The third-order valence-corrected chi connectivity index (χ3v) is 8.22. The van der Waals surface area contributed by atoms with Crippen molar-refractivity contribution in [3.05, 3.63) is 107 Å². The summed E-state index contributed by atoms with van der Waals surface area (Å²) in [6.45, 7) is 0.431. The Morgan fingerprint density at radius 1 is 0.886 bits per heavy atom. The molecule has 0 spiro atoms. The van der Waals surface area contributed by atoms with Crippen molar-refractivity contribution >= 4 is 17.5 Å². The van der Waals surface area contributed by atoms with Gasteiger partial charge < -0.3 is 15.3 Å². The smallest absolute Gasteiger partial charge is 0.382 e. The van der Waals surface area contributed by atoms with Crippen molar-refractivity contribution in [1.82, 2.24) is 14.8 Å². The second kappa shape index (κ2) is 11.3. The van der Waals surface area contributed by atoms with Gasteiger partial charge in [-0.1, -0.05) is 60.7 Å². The van der Waals surface area contributed by atoms with Crippen LogP contribution in [0.3, 0.4) is 0 Å². The van der Waals surface area contributed by atoms with Crippen molar-refractivity contribution in [2.45, 2.75) is 49.2 Å². The van der Waals surface area contributed by atoms with Crippen molar-refractivity contribution in [2.24, 2.45) is 0 Å². The molecule has 2 unspecified atom stereocenters. The Morgan fingerprint density at radius 3 is 2.02 bits per heavy atom. The van der Waals surface area contributed by atoms with Crippen LogP contribution in [0.2, 0.25) is 0 Å². The largest absolute Gasteiger partial charge is 0.416 e. The maximum atomic E-state index is 14.6. The van der Waals surface area contributed by atoms with Gasteiger partial charge in [0.25, 0.3) is 5.91 Å². The van der Waals surface area contributed by atoms with E-state index in [-0.39, 0.29) is 48.8 Å². The van der Waals surface area contributed by atoms with Gasteiger partial charge in [-0.3, -0.25) is 4.79 Å². The van der Waals surface area contributed by atoms with E-state index in [2.05, 4.69) is 10.3 Å². The Kier molecular flexibility index (Phi) is 7.60. The van der Waals surface area contributed by atoms with Gasteiger partial charge in [-0.05, 0) is 36.1 Å². The van der Waals surface area contributed by atoms with Gasteiger partial charge in [-0.25, -0.2) is 9.67 Å². The van der Waals surface area contributed by atoms with E-state index in [1.54, 1.807) is 41.3 Å². The molecule has 2 aliphatic heterocycles. The zero-order chi connectivity index (χ0) is 31.2. The van der Waals surface area contributed by atoms with E-state index in [1.165, 1.54) is 4.68 Å². The summed E-state index contributed by atoms with van der Waals surface area (Å²) >= 11 is 0. The van der Waals surface area contributed by atoms with Crippen molar-refractivity contribution in [1.29, 1.82) is 0 Å². The summed E-state index contributed by atoms with van der Waals surface area (Å²) in [6.07, 6.45) is -10.3. The second-order valence-corrected chi connectivity index (χ2v) is 10.9. The van der Waals surface area contributed by atoms with Gasteiger partial charge >= 0.3 is 12.4 Å². The molecule has 2 atom stereocenters. The van der Waals surface area contributed by atoms with Crippen LogP contribution in [0.5, 0.6) is 0 Å². The van der Waals surface area contributed by atoms with Crippen LogP contribution in [0.4, 0.5) is 38.0 Å². The number of rotatable bonds is 5. The lowest BCUT2D eigenvalue weighted by atomic mass is 9.82. The molecule has 1 amide bonds. The van der Waals surface area contributed by atoms with E-state index >= 15 is 0 Å². The number of carbonyl (C=O) groups excluding carboxylic acids is 1. The fourth-order valence-corrected chi connectivity index (χ4v) is 6.12. The molecule has 6 rings (SSSR count). The number of aliphatic hydroxyl groups excluding tert-OH is 1. The summed E-state index contributed by atoms with van der Waals surface area (Å²) in [4.78, 5) is 18.5. The van der Waals surface area contributed by atoms with Gasteiger partial charge in [0.15, 0.2) is 0 Å². The lowest BCUT2D eigenvalue weighted by molar-refractivity contribution is -0.177. The number of alkyl halides is 6. The monoisotopic (exact) mass is 615 g/mol. The zero-order valence-electron chi connectivity index (χ0n) is 23.1. The maximum absolute atomic E-state index is 14.6. The first-order valence-corrected chi connectivity index (χ1v) is 14.0. The molecule has 2 N–H and O–H groups in total. The number of anilines is 2. The maximum Gasteiger partial charge on any atom is 0.416 e. The molecule has 2 aromatic heterocycles. The highest BCUT2D eigenvalue weighted by molar-refractivity contribution is 5.97. The van der Waals surface area contributed by atoms with Gasteiger partial charge in [0.05, 0.1) is 11.3 Å². The molecule has 44 heavy (non-hydrogen) atoms. The third kappa shape index (κ3) is 5.51. The molecule has 7 nitrogen and oxygen atoms in total. The number of hydrogen-bond donors (Lipinski definition) is 2. The van der Waals surface area contributed by atoms with E-state index in [1.807, 2.05) is 24.3 Å². The fraction of sp³-hybridized carbons (Fsp3) is 0.323. The quantitative estimate of drug-likeness (QED) is 0.259. The molecular formula is C31H27F6N5O2. The average Bonchev–Trinajstić information content (AvgIpc) is 3.35. The minimum absolute atomic E-state index is 0.0925. The Hall–Kier alpha value is -4.39. The van der Waals surface area contributed by atoms with E-state index < -0.39 is 47.8 Å². The molecule has 13 heteroatoms. The number of amides is 1. The summed E-state index contributed by atoms with van der Waals surface area (Å²) < 4.78 is 85.0. The van der Waals surface area contributed by atoms with Crippen LogP contribution in [-0.2, 0) is 11.0 Å². The van der Waals surface area contributed by atoms with Crippen LogP contribution < -0.4 is 10.2 Å². The number of halogens is 6. The van der Waals surface area contributed by atoms with Crippen molar-refractivity contribution in [3.8, 4) is 0 Å². The van der Waals surface area contributed by atoms with Crippen molar-refractivity contribution in [2.75, 3.05) is 23.3 Å². The number of piperidine rings is 1. The molecule has 4 heterocycles. The van der Waals surface area contributed by atoms with E-state index in [4.69, 9.17) is 5.10 Å². The normalized spacial score (nSPS) is 19.6. The minimum atomic E-state index is -4.97. The molecule has 4 aromatic rings. The van der Waals surface area contributed by atoms with Gasteiger partial charge in [0, 0.05) is 30.8 Å². The van der Waals surface area contributed by atoms with Crippen LogP contribution in [0, 0.1) is 0 Å². The molecule has 0 radical (unpaired) electrons. The van der Waals surface area contributed by atoms with Crippen molar-refractivity contribution < 1.29 is 36.2 Å². The second-order valence-electron chi connectivity index (χ2n) is 10.9. The Bertz CT molecular complexity index is 1590. The number of hydrogen-bond acceptors (Lipinski definition) is 5. The van der Waals surface area contributed by atoms with Gasteiger partial charge in [-0.2, -0.15) is 31.4 Å². The highest BCUT2D eigenvalue weighted by Crippen LogP contribution is 2.49. The van der Waals surface area contributed by atoms with Gasteiger partial charge in [0.1, 0.15) is 29.7 Å². The van der Waals surface area contributed by atoms with E-state index in [0.29, 0.717) is 11.1 Å². The summed E-state index contributed by atoms with van der Waals surface area (Å²) in [6, 6.07) is 19.1. The zero-order valence-corrected chi connectivity index (χ0v) is 23.1. The molecule has 1 fully saturated rings. The predicted octanol–water partition coefficient (Wildman–Crippen LogP) is 6.28. The predicted molar refractivity (Wildman–Crippen MR) is 149 cm³/mol. The number of carbonyl (C=O) groups is 1. The van der Waals surface area contributed by atoms with Crippen LogP contribution in [0.15, 0.2) is 79.0 Å². The number of aromatic nitrogens is 3. The SMILES string of the molecule is O=C1Nc2c(c(C3CCN(c4cc(C(F)(F)F)ccn4)CC3)nn2C(c2ccccc2)c2ccccc2)C(C(F)(F)F)C1O. The number of pyridine rings is 1. The first kappa shape index (κ1) is 29.7. The molecule has 2 aliphatic rings. The topological polar surface area (TPSA) is 83.3 Å². The Labute approximate surface area is 248 Å². The molecular weight excluding hydrogens is 588 g/mol. The lowest BCUT2D eigenvalue weighted by Crippen LogP contribution is -2.45. The minimum Gasteiger partial charge on any atom is -0.382 e. The first-order valence-electron chi connectivity index (χ1n) is 14.0. The standard InChI is InChI=1S/C31H27F6N5O2/c32-30(33,34)21-11-14-38-22(17-21)41-15-12-18(13-16-41)25-23-24(31(35,36)37)27(43)29(44)39-28(23)42(40-25)26(19-7-3-1-4-8-19)20-9-5-2-6-10-20/h1-11,14,17-18,24,26-27,43H,12-13,15-16H2,(H,39,44). The molecule has 230 valence electrons. The number of aliphatic hydroxyl groups is 1. The summed E-state index contributed by atoms with van der Waals surface area (Å²) in [5.41, 5.74) is 0.380. The summed E-state index contributed by atoms with van der Waals surface area (Å²) in [7, 11) is 0. The molecule has 0 saturated carbocycles. The number of nitrogens with one attached hydrogen (secondary N) is 1. The number of nitrogens with zero attached hydrogens (tertiary/aromatic N) is 4. The molecule has 1 saturated heterocycles. The summed E-state index contributed by atoms with van der Waals surface area (Å²) in [5.74, 6) is -4.25. The Balaban J connectivity index is 1.44. The Morgan fingerprint density at radius 2 is 1.48 bits per heavy atom. The molecule has 0 aliphatic carbocycles. The average molecular weight is 616 g/mol. The van der Waals surface area contributed by atoms with Gasteiger partial charge in [-0.15, -0.1) is 0 Å². The molecule has 0 bridgehead atoms. The highest BCUT2D eigenvalue weighted by Gasteiger charge is 2.55. The van der Waals surface area contributed by atoms with Crippen LogP contribution in [-0.4, -0.2) is 51.1 Å². The first-order chi connectivity index (χ1) is 20.9. The van der Waals surface area contributed by atoms with E-state index in [9.17, 15) is 36.2 Å². The number of benzene rings is 2. The summed E-state index contributed by atoms with van der Waals surface area (Å²) in [5, 5.41) is 17.8. The van der Waals surface area contributed by atoms with Crippen LogP contribution in [0.1, 0.15) is 58.7 Å². The van der Waals surface area contributed by atoms with Crippen molar-refractivity contribution in [3.63, 3.8) is 0 Å². The van der Waals surface area contributed by atoms with Crippen LogP contribution >= 0.6 is 0 Å². The third-order valence-electron chi connectivity index (χ3n) is 8.22. The number of fused-ring (bicyclic) bond motifs is 1. The van der Waals surface area contributed by atoms with E-state index in [0.717, 1.165) is 18.3 Å². The fourth-order valence-electron chi connectivity index (χ4n) is 6.12. The highest BCUT2D eigenvalue weighted by atomic mass is 19.4. The molecule has 2 aromatic carbocycles.